The van der Waals surface area contributed by atoms with Gasteiger partial charge in [-0.2, -0.15) is 0 Å². The number of likely N-dealkylation sites (tertiary alicyclic amines) is 1. The number of amides is 1. The zero-order chi connectivity index (χ0) is 15.7. The van der Waals surface area contributed by atoms with E-state index in [9.17, 15) is 4.79 Å². The number of piperidine rings is 1. The molecule has 3 nitrogen and oxygen atoms in total. The first-order chi connectivity index (χ1) is 10.5. The van der Waals surface area contributed by atoms with E-state index >= 15 is 0 Å². The minimum absolute atomic E-state index is 0.0614. The molecule has 0 bridgehead atoms. The van der Waals surface area contributed by atoms with Crippen molar-refractivity contribution in [3.05, 3.63) is 35.4 Å². The largest absolute Gasteiger partial charge is 0.333 e. The molecule has 1 aromatic carbocycles. The minimum atomic E-state index is -0.0614. The molecule has 1 amide bonds. The standard InChI is InChI=1S/C19H28N2O/c1-15(2)14-20-12-9-19(10-13-20)18-7-5-4-6-17(18)8-11-21(19)16(3)22/h4-7,15H,8-14H2,1-3H3. The van der Waals surface area contributed by atoms with Crippen LogP contribution in [0.2, 0.25) is 0 Å². The molecule has 0 atom stereocenters. The van der Waals surface area contributed by atoms with Gasteiger partial charge in [-0.1, -0.05) is 38.1 Å². The van der Waals surface area contributed by atoms with E-state index in [1.54, 1.807) is 6.92 Å². The van der Waals surface area contributed by atoms with E-state index in [1.165, 1.54) is 11.1 Å². The van der Waals surface area contributed by atoms with E-state index in [-0.39, 0.29) is 11.4 Å². The molecular formula is C19H28N2O. The van der Waals surface area contributed by atoms with Gasteiger partial charge in [-0.05, 0) is 36.3 Å². The highest BCUT2D eigenvalue weighted by Crippen LogP contribution is 2.43. The molecule has 0 unspecified atom stereocenters. The van der Waals surface area contributed by atoms with Gasteiger partial charge in [0.05, 0.1) is 5.54 Å². The fourth-order valence-electron chi connectivity index (χ4n) is 4.40. The third-order valence-electron chi connectivity index (χ3n) is 5.33. The number of benzene rings is 1. The van der Waals surface area contributed by atoms with Crippen molar-refractivity contribution < 1.29 is 4.79 Å². The lowest BCUT2D eigenvalue weighted by molar-refractivity contribution is -0.139. The van der Waals surface area contributed by atoms with Crippen LogP contribution in [-0.2, 0) is 16.8 Å². The molecular weight excluding hydrogens is 272 g/mol. The van der Waals surface area contributed by atoms with Crippen molar-refractivity contribution in [2.75, 3.05) is 26.2 Å². The van der Waals surface area contributed by atoms with Crippen LogP contribution in [0.1, 0.15) is 44.7 Å². The first-order valence-corrected chi connectivity index (χ1v) is 8.62. The number of nitrogens with zero attached hydrogens (tertiary/aromatic N) is 2. The Balaban J connectivity index is 1.90. The third-order valence-corrected chi connectivity index (χ3v) is 5.33. The van der Waals surface area contributed by atoms with Crippen molar-refractivity contribution in [2.45, 2.75) is 45.6 Å². The van der Waals surface area contributed by atoms with Crippen LogP contribution in [-0.4, -0.2) is 41.9 Å². The Kier molecular flexibility index (Phi) is 4.26. The van der Waals surface area contributed by atoms with Crippen molar-refractivity contribution in [2.24, 2.45) is 5.92 Å². The second-order valence-corrected chi connectivity index (χ2v) is 7.30. The highest BCUT2D eigenvalue weighted by atomic mass is 16.2. The van der Waals surface area contributed by atoms with Crippen LogP contribution < -0.4 is 0 Å². The molecule has 1 saturated heterocycles. The molecule has 2 aliphatic heterocycles. The summed E-state index contributed by atoms with van der Waals surface area (Å²) in [5, 5.41) is 0. The molecule has 1 aromatic rings. The summed E-state index contributed by atoms with van der Waals surface area (Å²) in [6.07, 6.45) is 3.12. The highest BCUT2D eigenvalue weighted by Gasteiger charge is 2.45. The van der Waals surface area contributed by atoms with Crippen LogP contribution in [0.3, 0.4) is 0 Å². The number of rotatable bonds is 2. The van der Waals surface area contributed by atoms with Crippen LogP contribution in [0.15, 0.2) is 24.3 Å². The second-order valence-electron chi connectivity index (χ2n) is 7.30. The summed E-state index contributed by atoms with van der Waals surface area (Å²) in [4.78, 5) is 17.0. The quantitative estimate of drug-likeness (QED) is 0.838. The lowest BCUT2D eigenvalue weighted by Crippen LogP contribution is -2.57. The molecule has 1 spiro atoms. The van der Waals surface area contributed by atoms with E-state index < -0.39 is 0 Å². The Morgan fingerprint density at radius 2 is 1.86 bits per heavy atom. The molecule has 0 saturated carbocycles. The third kappa shape index (κ3) is 2.67. The summed E-state index contributed by atoms with van der Waals surface area (Å²) < 4.78 is 0. The monoisotopic (exact) mass is 300 g/mol. The minimum Gasteiger partial charge on any atom is -0.333 e. The van der Waals surface area contributed by atoms with Crippen LogP contribution in [0.4, 0.5) is 0 Å². The zero-order valence-corrected chi connectivity index (χ0v) is 14.1. The maximum absolute atomic E-state index is 12.3. The molecule has 1 fully saturated rings. The summed E-state index contributed by atoms with van der Waals surface area (Å²) in [7, 11) is 0. The van der Waals surface area contributed by atoms with Crippen LogP contribution in [0.5, 0.6) is 0 Å². The first kappa shape index (κ1) is 15.5. The number of fused-ring (bicyclic) bond motifs is 2. The zero-order valence-electron chi connectivity index (χ0n) is 14.1. The van der Waals surface area contributed by atoms with Gasteiger partial charge in [0.2, 0.25) is 5.91 Å². The van der Waals surface area contributed by atoms with Crippen molar-refractivity contribution >= 4 is 5.91 Å². The summed E-state index contributed by atoms with van der Waals surface area (Å²) in [5.74, 6) is 0.934. The highest BCUT2D eigenvalue weighted by molar-refractivity contribution is 5.75. The predicted molar refractivity (Wildman–Crippen MR) is 89.7 cm³/mol. The Bertz CT molecular complexity index is 544. The van der Waals surface area contributed by atoms with Gasteiger partial charge in [-0.15, -0.1) is 0 Å². The second kappa shape index (κ2) is 6.04. The van der Waals surface area contributed by atoms with Gasteiger partial charge in [0, 0.05) is 33.1 Å². The first-order valence-electron chi connectivity index (χ1n) is 8.62. The Morgan fingerprint density at radius 1 is 1.18 bits per heavy atom. The molecule has 2 heterocycles. The number of carbonyl (C=O) groups is 1. The fraction of sp³-hybridized carbons (Fsp3) is 0.632. The molecule has 22 heavy (non-hydrogen) atoms. The lowest BCUT2D eigenvalue weighted by atomic mass is 9.74. The average molecular weight is 300 g/mol. The van der Waals surface area contributed by atoms with Crippen molar-refractivity contribution in [3.8, 4) is 0 Å². The molecule has 120 valence electrons. The van der Waals surface area contributed by atoms with E-state index in [1.807, 2.05) is 0 Å². The molecule has 0 radical (unpaired) electrons. The van der Waals surface area contributed by atoms with Gasteiger partial charge in [-0.3, -0.25) is 4.79 Å². The topological polar surface area (TPSA) is 23.6 Å². The van der Waals surface area contributed by atoms with Gasteiger partial charge in [0.15, 0.2) is 0 Å². The number of hydrogen-bond donors (Lipinski definition) is 0. The van der Waals surface area contributed by atoms with E-state index in [2.05, 4.69) is 47.9 Å². The predicted octanol–water partition coefficient (Wildman–Crippen LogP) is 3.04. The number of hydrogen-bond acceptors (Lipinski definition) is 2. The van der Waals surface area contributed by atoms with E-state index in [0.29, 0.717) is 5.92 Å². The van der Waals surface area contributed by atoms with Crippen molar-refractivity contribution in [1.29, 1.82) is 0 Å². The van der Waals surface area contributed by atoms with Crippen LogP contribution in [0.25, 0.3) is 0 Å². The van der Waals surface area contributed by atoms with Gasteiger partial charge in [0.25, 0.3) is 0 Å². The molecule has 3 rings (SSSR count). The fourth-order valence-corrected chi connectivity index (χ4v) is 4.40. The molecule has 0 aromatic heterocycles. The molecule has 0 N–H and O–H groups in total. The molecule has 0 aliphatic carbocycles. The van der Waals surface area contributed by atoms with Crippen LogP contribution in [0, 0.1) is 5.92 Å². The maximum Gasteiger partial charge on any atom is 0.220 e. The molecule has 2 aliphatic rings. The maximum atomic E-state index is 12.3. The van der Waals surface area contributed by atoms with Gasteiger partial charge in [0.1, 0.15) is 0 Å². The smallest absolute Gasteiger partial charge is 0.220 e. The van der Waals surface area contributed by atoms with Gasteiger partial charge < -0.3 is 9.80 Å². The normalized spacial score (nSPS) is 21.2. The number of carbonyl (C=O) groups excluding carboxylic acids is 1. The summed E-state index contributed by atoms with van der Waals surface area (Å²) in [6.45, 7) is 10.5. The average Bonchev–Trinajstić information content (AvgIpc) is 2.49. The Hall–Kier alpha value is -1.35. The van der Waals surface area contributed by atoms with Crippen molar-refractivity contribution in [1.82, 2.24) is 9.80 Å². The Labute approximate surface area is 134 Å². The summed E-state index contributed by atoms with van der Waals surface area (Å²) >= 11 is 0. The summed E-state index contributed by atoms with van der Waals surface area (Å²) in [5.41, 5.74) is 2.78. The van der Waals surface area contributed by atoms with Crippen molar-refractivity contribution in [3.63, 3.8) is 0 Å². The van der Waals surface area contributed by atoms with Gasteiger partial charge in [-0.25, -0.2) is 0 Å². The summed E-state index contributed by atoms with van der Waals surface area (Å²) in [6, 6.07) is 8.76. The molecule has 3 heteroatoms. The SMILES string of the molecule is CC(=O)N1CCc2ccccc2C12CCN(CC(C)C)CC2. The Morgan fingerprint density at radius 3 is 2.50 bits per heavy atom. The lowest BCUT2D eigenvalue weighted by Gasteiger charge is -2.52. The van der Waals surface area contributed by atoms with E-state index in [0.717, 1.165) is 45.4 Å². The van der Waals surface area contributed by atoms with Gasteiger partial charge >= 0.3 is 0 Å². The van der Waals surface area contributed by atoms with E-state index in [4.69, 9.17) is 0 Å². The van der Waals surface area contributed by atoms with Crippen LogP contribution >= 0.6 is 0 Å².